The molecule has 10 heteroatoms. The summed E-state index contributed by atoms with van der Waals surface area (Å²) in [5.41, 5.74) is 2.05. The molecule has 0 unspecified atom stereocenters. The van der Waals surface area contributed by atoms with Crippen LogP contribution in [0.3, 0.4) is 0 Å². The predicted molar refractivity (Wildman–Crippen MR) is 127 cm³/mol. The molecule has 4 aromatic heterocycles. The van der Waals surface area contributed by atoms with E-state index < -0.39 is 0 Å². The summed E-state index contributed by atoms with van der Waals surface area (Å²) in [5, 5.41) is 18.1. The van der Waals surface area contributed by atoms with Gasteiger partial charge in [0.25, 0.3) is 0 Å². The Kier molecular flexibility index (Phi) is 6.83. The van der Waals surface area contributed by atoms with Crippen molar-refractivity contribution in [1.29, 1.82) is 0 Å². The van der Waals surface area contributed by atoms with Gasteiger partial charge in [-0.1, -0.05) is 0 Å². The van der Waals surface area contributed by atoms with Crippen molar-refractivity contribution in [1.82, 2.24) is 29.3 Å². The number of aliphatic hydroxyl groups excluding tert-OH is 1. The van der Waals surface area contributed by atoms with Crippen molar-refractivity contribution < 1.29 is 9.84 Å². The average Bonchev–Trinajstić information content (AvgIpc) is 3.49. The first-order chi connectivity index (χ1) is 15.5. The predicted octanol–water partition coefficient (Wildman–Crippen LogP) is 3.66. The van der Waals surface area contributed by atoms with Crippen LogP contribution in [0.1, 0.15) is 31.9 Å². The average molecular weight is 456 g/mol. The molecule has 4 heterocycles. The number of anilines is 1. The number of ether oxygens (including phenoxy) is 1. The zero-order valence-corrected chi connectivity index (χ0v) is 19.7. The van der Waals surface area contributed by atoms with E-state index in [2.05, 4.69) is 31.1 Å². The van der Waals surface area contributed by atoms with E-state index in [1.54, 1.807) is 17.5 Å². The molecule has 2 N–H and O–H groups in total. The highest BCUT2D eigenvalue weighted by atomic mass is 32.1. The van der Waals surface area contributed by atoms with Gasteiger partial charge in [0.15, 0.2) is 11.6 Å². The third-order valence-corrected chi connectivity index (χ3v) is 6.38. The van der Waals surface area contributed by atoms with Crippen LogP contribution in [0.5, 0.6) is 0 Å². The van der Waals surface area contributed by atoms with Crippen molar-refractivity contribution in [3.63, 3.8) is 0 Å². The molecule has 4 aromatic rings. The van der Waals surface area contributed by atoms with Gasteiger partial charge in [0.1, 0.15) is 16.3 Å². The maximum absolute atomic E-state index is 8.90. The summed E-state index contributed by atoms with van der Waals surface area (Å²) in [6.45, 7) is 8.12. The van der Waals surface area contributed by atoms with Crippen LogP contribution in [0.4, 0.5) is 5.82 Å². The number of rotatable bonds is 10. The fraction of sp³-hybridized carbons (Fsp3) is 0.455. The van der Waals surface area contributed by atoms with Crippen molar-refractivity contribution in [2.75, 3.05) is 31.7 Å². The summed E-state index contributed by atoms with van der Waals surface area (Å²) >= 11 is 1.62. The number of imidazole rings is 1. The first-order valence-electron chi connectivity index (χ1n) is 10.8. The Morgan fingerprint density at radius 2 is 2.06 bits per heavy atom. The number of aryl methyl sites for hydroxylation is 2. The zero-order chi connectivity index (χ0) is 22.7. The van der Waals surface area contributed by atoms with Crippen molar-refractivity contribution in [3.8, 4) is 22.2 Å². The number of hydrogen-bond acceptors (Lipinski definition) is 8. The Morgan fingerprint density at radius 3 is 2.75 bits per heavy atom. The zero-order valence-electron chi connectivity index (χ0n) is 18.9. The number of nitrogens with one attached hydrogen (secondary N) is 1. The van der Waals surface area contributed by atoms with Gasteiger partial charge in [-0.2, -0.15) is 5.10 Å². The molecule has 4 rings (SSSR count). The monoisotopic (exact) mass is 455 g/mol. The lowest BCUT2D eigenvalue weighted by molar-refractivity contribution is 0.124. The largest absolute Gasteiger partial charge is 0.396 e. The van der Waals surface area contributed by atoms with Gasteiger partial charge in [-0.3, -0.25) is 4.68 Å². The van der Waals surface area contributed by atoms with Gasteiger partial charge >= 0.3 is 0 Å². The van der Waals surface area contributed by atoms with E-state index in [9.17, 15) is 0 Å². The Morgan fingerprint density at radius 1 is 1.22 bits per heavy atom. The Balaban J connectivity index is 1.72. The van der Waals surface area contributed by atoms with Crippen molar-refractivity contribution in [3.05, 3.63) is 30.2 Å². The molecule has 0 aliphatic carbocycles. The minimum absolute atomic E-state index is 0.135. The van der Waals surface area contributed by atoms with Crippen molar-refractivity contribution >= 4 is 27.4 Å². The molecule has 0 amide bonds. The molecule has 0 spiro atoms. The van der Waals surface area contributed by atoms with Gasteiger partial charge in [-0.05, 0) is 38.8 Å². The van der Waals surface area contributed by atoms with Crippen LogP contribution in [-0.2, 0) is 11.8 Å². The van der Waals surface area contributed by atoms with Gasteiger partial charge in [-0.25, -0.2) is 15.0 Å². The quantitative estimate of drug-likeness (QED) is 0.352. The van der Waals surface area contributed by atoms with E-state index in [0.717, 1.165) is 32.2 Å². The molecular weight excluding hydrogens is 426 g/mol. The van der Waals surface area contributed by atoms with Gasteiger partial charge in [0.05, 0.1) is 16.9 Å². The smallest absolute Gasteiger partial charge is 0.199 e. The second kappa shape index (κ2) is 9.76. The lowest BCUT2D eigenvalue weighted by Crippen LogP contribution is -2.12. The van der Waals surface area contributed by atoms with E-state index in [-0.39, 0.29) is 6.61 Å². The Bertz CT molecular complexity index is 1190. The van der Waals surface area contributed by atoms with Gasteiger partial charge in [-0.15, -0.1) is 11.3 Å². The highest BCUT2D eigenvalue weighted by Gasteiger charge is 2.20. The molecule has 170 valence electrons. The lowest BCUT2D eigenvalue weighted by atomic mass is 10.1. The SMILES string of the molecule is Cc1c(-c2ccn(C(C)C)n2)sc2nc(-c3nccn3C)nc(NCCOCCCO)c12. The van der Waals surface area contributed by atoms with Gasteiger partial charge < -0.3 is 19.7 Å². The first-order valence-corrected chi connectivity index (χ1v) is 11.6. The van der Waals surface area contributed by atoms with Crippen molar-refractivity contribution in [2.45, 2.75) is 33.2 Å². The number of nitrogens with zero attached hydrogens (tertiary/aromatic N) is 6. The van der Waals surface area contributed by atoms with E-state index >= 15 is 0 Å². The van der Waals surface area contributed by atoms with Crippen LogP contribution in [0, 0.1) is 6.92 Å². The second-order valence-electron chi connectivity index (χ2n) is 7.88. The van der Waals surface area contributed by atoms with Gasteiger partial charge in [0.2, 0.25) is 0 Å². The molecule has 0 saturated carbocycles. The standard InChI is InChI=1S/C22H29N7O2S/c1-14(2)29-9-6-16(27-29)18-15(3)17-19(23-8-13-31-12-5-11-30)25-20(26-22(17)32-18)21-24-7-10-28(21)4/h6-7,9-10,14,30H,5,8,11-13H2,1-4H3,(H,23,25,26). The van der Waals surface area contributed by atoms with Crippen LogP contribution in [0.25, 0.3) is 32.4 Å². The first kappa shape index (κ1) is 22.4. The summed E-state index contributed by atoms with van der Waals surface area (Å²) in [6.07, 6.45) is 6.28. The molecule has 0 fully saturated rings. The van der Waals surface area contributed by atoms with Crippen LogP contribution in [0.2, 0.25) is 0 Å². The molecule has 0 aliphatic heterocycles. The Hall–Kier alpha value is -2.82. The fourth-order valence-electron chi connectivity index (χ4n) is 3.45. The summed E-state index contributed by atoms with van der Waals surface area (Å²) in [4.78, 5) is 16.1. The van der Waals surface area contributed by atoms with E-state index in [4.69, 9.17) is 24.9 Å². The van der Waals surface area contributed by atoms with Crippen LogP contribution >= 0.6 is 11.3 Å². The number of fused-ring (bicyclic) bond motifs is 1. The third-order valence-electron chi connectivity index (χ3n) is 5.17. The molecule has 0 aromatic carbocycles. The fourth-order valence-corrected chi connectivity index (χ4v) is 4.60. The van der Waals surface area contributed by atoms with Crippen molar-refractivity contribution in [2.24, 2.45) is 7.05 Å². The maximum atomic E-state index is 8.90. The highest BCUT2D eigenvalue weighted by molar-refractivity contribution is 7.22. The van der Waals surface area contributed by atoms with Crippen LogP contribution in [-0.4, -0.2) is 60.8 Å². The number of aliphatic hydroxyl groups is 1. The molecular formula is C22H29N7O2S. The molecule has 0 atom stereocenters. The minimum atomic E-state index is 0.135. The molecule has 0 aliphatic rings. The molecule has 32 heavy (non-hydrogen) atoms. The van der Waals surface area contributed by atoms with Crippen LogP contribution < -0.4 is 5.32 Å². The maximum Gasteiger partial charge on any atom is 0.199 e. The number of thiophene rings is 1. The highest BCUT2D eigenvalue weighted by Crippen LogP contribution is 2.40. The summed E-state index contributed by atoms with van der Waals surface area (Å²) < 4.78 is 9.44. The Labute approximate surface area is 191 Å². The minimum Gasteiger partial charge on any atom is -0.396 e. The topological polar surface area (TPSA) is 103 Å². The number of aromatic nitrogens is 6. The molecule has 0 saturated heterocycles. The second-order valence-corrected chi connectivity index (χ2v) is 8.88. The molecule has 9 nitrogen and oxygen atoms in total. The van der Waals surface area contributed by atoms with Gasteiger partial charge in [0, 0.05) is 51.4 Å². The molecule has 0 bridgehead atoms. The summed E-state index contributed by atoms with van der Waals surface area (Å²) in [5.74, 6) is 2.06. The third kappa shape index (κ3) is 4.52. The summed E-state index contributed by atoms with van der Waals surface area (Å²) in [7, 11) is 1.93. The summed E-state index contributed by atoms with van der Waals surface area (Å²) in [6, 6.07) is 2.35. The number of hydrogen-bond donors (Lipinski definition) is 2. The normalized spacial score (nSPS) is 11.7. The van der Waals surface area contributed by atoms with Crippen LogP contribution in [0.15, 0.2) is 24.7 Å². The molecule has 0 radical (unpaired) electrons. The van der Waals surface area contributed by atoms with E-state index in [1.807, 2.05) is 34.8 Å². The van der Waals surface area contributed by atoms with E-state index in [1.165, 1.54) is 0 Å². The lowest BCUT2D eigenvalue weighted by Gasteiger charge is -2.10. The van der Waals surface area contributed by atoms with E-state index in [0.29, 0.717) is 43.9 Å².